The first kappa shape index (κ1) is 12.8. The van der Waals surface area contributed by atoms with E-state index in [1.54, 1.807) is 12.1 Å². The molecule has 3 nitrogen and oxygen atoms in total. The van der Waals surface area contributed by atoms with Gasteiger partial charge in [-0.1, -0.05) is 12.1 Å². The molecule has 98 valence electrons. The minimum Gasteiger partial charge on any atom is -0.399 e. The summed E-state index contributed by atoms with van der Waals surface area (Å²) in [4.78, 5) is 13.0. The van der Waals surface area contributed by atoms with Crippen LogP contribution in [0.5, 0.6) is 0 Å². The van der Waals surface area contributed by atoms with E-state index in [4.69, 9.17) is 5.73 Å². The third-order valence-electron chi connectivity index (χ3n) is 3.13. The number of nitrogen functional groups attached to an aromatic ring is 1. The van der Waals surface area contributed by atoms with Gasteiger partial charge in [-0.2, -0.15) is 0 Å². The van der Waals surface area contributed by atoms with Gasteiger partial charge in [-0.05, 0) is 24.1 Å². The summed E-state index contributed by atoms with van der Waals surface area (Å²) in [6, 6.07) is 7.23. The lowest BCUT2D eigenvalue weighted by atomic mass is 10.1. The van der Waals surface area contributed by atoms with E-state index in [0.717, 1.165) is 5.56 Å². The summed E-state index contributed by atoms with van der Waals surface area (Å²) in [5.41, 5.74) is 7.21. The first-order valence-electron chi connectivity index (χ1n) is 5.96. The highest BCUT2D eigenvalue weighted by molar-refractivity contribution is 5.76. The lowest BCUT2D eigenvalue weighted by molar-refractivity contribution is -0.131. The number of likely N-dealkylation sites (tertiary alicyclic amines) is 1. The van der Waals surface area contributed by atoms with E-state index < -0.39 is 12.5 Å². The number of hydrogen-bond donors (Lipinski definition) is 1. The molecule has 0 aliphatic carbocycles. The molecule has 1 aromatic carbocycles. The number of nitrogens with zero attached hydrogens (tertiary/aromatic N) is 1. The summed E-state index contributed by atoms with van der Waals surface area (Å²) in [5.74, 6) is -2.92. The lowest BCUT2D eigenvalue weighted by Gasteiger charge is -2.15. The van der Waals surface area contributed by atoms with Crippen molar-refractivity contribution in [2.45, 2.75) is 25.2 Å². The molecule has 0 bridgehead atoms. The number of aryl methyl sites for hydroxylation is 1. The second-order valence-electron chi connectivity index (χ2n) is 4.66. The monoisotopic (exact) mass is 254 g/mol. The zero-order chi connectivity index (χ0) is 13.2. The summed E-state index contributed by atoms with van der Waals surface area (Å²) >= 11 is 0. The van der Waals surface area contributed by atoms with E-state index >= 15 is 0 Å². The van der Waals surface area contributed by atoms with Gasteiger partial charge < -0.3 is 10.6 Å². The molecule has 1 heterocycles. The Hall–Kier alpha value is -1.65. The fourth-order valence-electron chi connectivity index (χ4n) is 2.04. The van der Waals surface area contributed by atoms with Crippen LogP contribution in [0, 0.1) is 0 Å². The number of rotatable bonds is 3. The summed E-state index contributed by atoms with van der Waals surface area (Å²) in [6.45, 7) is -0.277. The Kier molecular flexibility index (Phi) is 3.50. The summed E-state index contributed by atoms with van der Waals surface area (Å²) < 4.78 is 25.9. The Morgan fingerprint density at radius 1 is 1.33 bits per heavy atom. The quantitative estimate of drug-likeness (QED) is 0.839. The lowest BCUT2D eigenvalue weighted by Crippen LogP contribution is -2.31. The molecule has 0 atom stereocenters. The van der Waals surface area contributed by atoms with Crippen molar-refractivity contribution in [3.63, 3.8) is 0 Å². The third-order valence-corrected chi connectivity index (χ3v) is 3.13. The molecule has 1 saturated heterocycles. The van der Waals surface area contributed by atoms with Crippen LogP contribution in [0.1, 0.15) is 18.4 Å². The maximum Gasteiger partial charge on any atom is 0.267 e. The molecule has 1 aliphatic rings. The van der Waals surface area contributed by atoms with E-state index in [1.165, 1.54) is 4.90 Å². The number of alkyl halides is 2. The Morgan fingerprint density at radius 2 is 2.00 bits per heavy atom. The SMILES string of the molecule is Nc1ccc(CCC(=O)N2CCC(F)(F)C2)cc1. The Labute approximate surface area is 105 Å². The molecule has 1 fully saturated rings. The number of carbonyl (C=O) groups is 1. The average molecular weight is 254 g/mol. The van der Waals surface area contributed by atoms with Crippen molar-refractivity contribution in [1.82, 2.24) is 4.90 Å². The number of benzene rings is 1. The summed E-state index contributed by atoms with van der Waals surface area (Å²) in [5, 5.41) is 0. The molecule has 0 aromatic heterocycles. The van der Waals surface area contributed by atoms with E-state index in [9.17, 15) is 13.6 Å². The fourth-order valence-corrected chi connectivity index (χ4v) is 2.04. The highest BCUT2D eigenvalue weighted by Gasteiger charge is 2.39. The molecule has 18 heavy (non-hydrogen) atoms. The number of amides is 1. The molecule has 0 saturated carbocycles. The molecule has 1 amide bonds. The van der Waals surface area contributed by atoms with E-state index in [-0.39, 0.29) is 25.3 Å². The Morgan fingerprint density at radius 3 is 2.56 bits per heavy atom. The van der Waals surface area contributed by atoms with Crippen molar-refractivity contribution in [1.29, 1.82) is 0 Å². The highest BCUT2D eigenvalue weighted by atomic mass is 19.3. The largest absolute Gasteiger partial charge is 0.399 e. The molecule has 1 aliphatic heterocycles. The molecular formula is C13H16F2N2O. The van der Waals surface area contributed by atoms with Crippen molar-refractivity contribution in [2.75, 3.05) is 18.8 Å². The summed E-state index contributed by atoms with van der Waals surface area (Å²) in [6.07, 6.45) is 0.599. The van der Waals surface area contributed by atoms with Gasteiger partial charge in [0.2, 0.25) is 5.91 Å². The predicted octanol–water partition coefficient (Wildman–Crippen LogP) is 2.07. The molecule has 5 heteroatoms. The minimum absolute atomic E-state index is 0.160. The van der Waals surface area contributed by atoms with Crippen LogP contribution < -0.4 is 5.73 Å². The van der Waals surface area contributed by atoms with E-state index in [2.05, 4.69) is 0 Å². The van der Waals surface area contributed by atoms with Crippen molar-refractivity contribution in [3.05, 3.63) is 29.8 Å². The first-order valence-corrected chi connectivity index (χ1v) is 5.96. The molecule has 2 rings (SSSR count). The molecular weight excluding hydrogens is 238 g/mol. The number of carbonyl (C=O) groups excluding carboxylic acids is 1. The summed E-state index contributed by atoms with van der Waals surface area (Å²) in [7, 11) is 0. The maximum atomic E-state index is 13.0. The van der Waals surface area contributed by atoms with Crippen LogP contribution in [0.25, 0.3) is 0 Å². The Balaban J connectivity index is 1.84. The maximum absolute atomic E-state index is 13.0. The van der Waals surface area contributed by atoms with Gasteiger partial charge in [-0.25, -0.2) is 8.78 Å². The standard InChI is InChI=1S/C13H16F2N2O/c14-13(15)7-8-17(9-13)12(18)6-3-10-1-4-11(16)5-2-10/h1-2,4-5H,3,6-9,16H2. The van der Waals surface area contributed by atoms with Crippen LogP contribution in [-0.2, 0) is 11.2 Å². The number of halogens is 2. The van der Waals surface area contributed by atoms with Gasteiger partial charge in [-0.3, -0.25) is 4.79 Å². The van der Waals surface area contributed by atoms with Crippen LogP contribution in [0.15, 0.2) is 24.3 Å². The van der Waals surface area contributed by atoms with Crippen LogP contribution in [0.2, 0.25) is 0 Å². The van der Waals surface area contributed by atoms with Crippen molar-refractivity contribution >= 4 is 11.6 Å². The van der Waals surface area contributed by atoms with E-state index in [1.807, 2.05) is 12.1 Å². The van der Waals surface area contributed by atoms with Crippen LogP contribution in [0.4, 0.5) is 14.5 Å². The smallest absolute Gasteiger partial charge is 0.267 e. The van der Waals surface area contributed by atoms with Gasteiger partial charge in [0.25, 0.3) is 5.92 Å². The van der Waals surface area contributed by atoms with Gasteiger partial charge in [0.1, 0.15) is 0 Å². The van der Waals surface area contributed by atoms with Crippen LogP contribution in [-0.4, -0.2) is 29.8 Å². The first-order chi connectivity index (χ1) is 8.46. The van der Waals surface area contributed by atoms with Gasteiger partial charge in [0.15, 0.2) is 0 Å². The molecule has 0 radical (unpaired) electrons. The zero-order valence-corrected chi connectivity index (χ0v) is 10.0. The van der Waals surface area contributed by atoms with Gasteiger partial charge in [0, 0.05) is 25.1 Å². The van der Waals surface area contributed by atoms with E-state index in [0.29, 0.717) is 12.1 Å². The highest BCUT2D eigenvalue weighted by Crippen LogP contribution is 2.27. The number of nitrogens with two attached hydrogens (primary N) is 1. The fraction of sp³-hybridized carbons (Fsp3) is 0.462. The Bertz CT molecular complexity index is 431. The van der Waals surface area contributed by atoms with Crippen molar-refractivity contribution in [2.24, 2.45) is 0 Å². The topological polar surface area (TPSA) is 46.3 Å². The molecule has 1 aromatic rings. The molecule has 2 N–H and O–H groups in total. The molecule has 0 spiro atoms. The average Bonchev–Trinajstić information content (AvgIpc) is 2.69. The second kappa shape index (κ2) is 4.92. The number of anilines is 1. The van der Waals surface area contributed by atoms with Gasteiger partial charge in [0.05, 0.1) is 6.54 Å². The predicted molar refractivity (Wildman–Crippen MR) is 65.3 cm³/mol. The van der Waals surface area contributed by atoms with Gasteiger partial charge in [-0.15, -0.1) is 0 Å². The van der Waals surface area contributed by atoms with Crippen LogP contribution >= 0.6 is 0 Å². The minimum atomic E-state index is -2.71. The third kappa shape index (κ3) is 3.18. The normalized spacial score (nSPS) is 18.0. The van der Waals surface area contributed by atoms with Crippen LogP contribution in [0.3, 0.4) is 0 Å². The molecule has 0 unspecified atom stereocenters. The van der Waals surface area contributed by atoms with Crippen molar-refractivity contribution < 1.29 is 13.6 Å². The van der Waals surface area contributed by atoms with Gasteiger partial charge >= 0.3 is 0 Å². The zero-order valence-electron chi connectivity index (χ0n) is 10.0. The second-order valence-corrected chi connectivity index (χ2v) is 4.66. The number of hydrogen-bond acceptors (Lipinski definition) is 2. The van der Waals surface area contributed by atoms with Crippen molar-refractivity contribution in [3.8, 4) is 0 Å².